The second-order valence-electron chi connectivity index (χ2n) is 4.20. The van der Waals surface area contributed by atoms with E-state index in [2.05, 4.69) is 0 Å². The molecule has 2 aliphatic rings. The van der Waals surface area contributed by atoms with Gasteiger partial charge in [-0.2, -0.15) is 13.2 Å². The van der Waals surface area contributed by atoms with Crippen molar-refractivity contribution in [3.05, 3.63) is 17.7 Å². The van der Waals surface area contributed by atoms with Crippen LogP contribution in [-0.4, -0.2) is 30.4 Å². The Morgan fingerprint density at radius 2 is 1.79 bits per heavy atom. The van der Waals surface area contributed by atoms with Gasteiger partial charge in [-0.15, -0.1) is 0 Å². The number of carbonyl (C=O) groups excluding carboxylic acids is 1. The second kappa shape index (κ2) is 3.53. The van der Waals surface area contributed by atoms with Crippen LogP contribution in [0.4, 0.5) is 18.9 Å². The van der Waals surface area contributed by atoms with Gasteiger partial charge in [-0.3, -0.25) is 4.79 Å². The van der Waals surface area contributed by atoms with Crippen LogP contribution in [-0.2, 0) is 10.4 Å². The van der Waals surface area contributed by atoms with E-state index in [4.69, 9.17) is 9.47 Å². The van der Waals surface area contributed by atoms with Crippen molar-refractivity contribution in [1.82, 2.24) is 0 Å². The lowest BCUT2D eigenvalue weighted by Crippen LogP contribution is -2.47. The molecule has 8 heteroatoms. The molecule has 0 saturated carbocycles. The van der Waals surface area contributed by atoms with Crippen molar-refractivity contribution in [2.24, 2.45) is 0 Å². The van der Waals surface area contributed by atoms with Gasteiger partial charge in [0.2, 0.25) is 0 Å². The molecule has 0 aromatic heterocycles. The molecular formula is C11H8F3NO4. The number of hydrogen-bond acceptors (Lipinski definition) is 4. The predicted molar refractivity (Wildman–Crippen MR) is 56.0 cm³/mol. The Bertz CT molecular complexity index is 572. The summed E-state index contributed by atoms with van der Waals surface area (Å²) in [6.07, 6.45) is -5.12. The molecule has 0 radical (unpaired) electrons. The zero-order valence-corrected chi connectivity index (χ0v) is 9.37. The first-order chi connectivity index (χ1) is 8.84. The van der Waals surface area contributed by atoms with Crippen LogP contribution < -0.4 is 14.8 Å². The number of benzene rings is 1. The van der Waals surface area contributed by atoms with E-state index in [1.165, 1.54) is 6.07 Å². The normalized spacial score (nSPS) is 24.9. The molecule has 0 unspecified atom stereocenters. The third-order valence-electron chi connectivity index (χ3n) is 3.06. The van der Waals surface area contributed by atoms with E-state index >= 15 is 0 Å². The van der Waals surface area contributed by atoms with E-state index in [-0.39, 0.29) is 30.4 Å². The van der Waals surface area contributed by atoms with Crippen LogP contribution in [0.2, 0.25) is 0 Å². The summed E-state index contributed by atoms with van der Waals surface area (Å²) in [5.74, 6) is -1.22. The highest BCUT2D eigenvalue weighted by molar-refractivity contribution is 6.06. The molecule has 1 aromatic carbocycles. The van der Waals surface area contributed by atoms with Crippen LogP contribution in [0.1, 0.15) is 5.56 Å². The maximum absolute atomic E-state index is 12.9. The Hall–Kier alpha value is -1.96. The number of fused-ring (bicyclic) bond motifs is 2. The highest BCUT2D eigenvalue weighted by atomic mass is 19.4. The molecule has 0 saturated heterocycles. The maximum Gasteiger partial charge on any atom is 0.430 e. The summed E-state index contributed by atoms with van der Waals surface area (Å²) < 4.78 is 49.1. The molecule has 102 valence electrons. The zero-order chi connectivity index (χ0) is 13.8. The van der Waals surface area contributed by atoms with Crippen LogP contribution in [0.3, 0.4) is 0 Å². The molecule has 1 atom stereocenters. The average Bonchev–Trinajstić information content (AvgIpc) is 2.59. The Morgan fingerprint density at radius 3 is 2.37 bits per heavy atom. The molecule has 0 bridgehead atoms. The molecule has 2 aliphatic heterocycles. The van der Waals surface area contributed by atoms with Crippen molar-refractivity contribution >= 4 is 11.6 Å². The largest absolute Gasteiger partial charge is 0.486 e. The fraction of sp³-hybridized carbons (Fsp3) is 0.364. The fourth-order valence-corrected chi connectivity index (χ4v) is 2.11. The summed E-state index contributed by atoms with van der Waals surface area (Å²) in [5, 5.41) is 11.7. The summed E-state index contributed by atoms with van der Waals surface area (Å²) in [6, 6.07) is 2.20. The van der Waals surface area contributed by atoms with Crippen molar-refractivity contribution in [1.29, 1.82) is 0 Å². The predicted octanol–water partition coefficient (Wildman–Crippen LogP) is 1.16. The summed E-state index contributed by atoms with van der Waals surface area (Å²) in [7, 11) is 0. The van der Waals surface area contributed by atoms with Crippen LogP contribution in [0.15, 0.2) is 12.1 Å². The molecule has 19 heavy (non-hydrogen) atoms. The van der Waals surface area contributed by atoms with E-state index in [0.29, 0.717) is 0 Å². The van der Waals surface area contributed by atoms with E-state index in [0.717, 1.165) is 6.07 Å². The number of nitrogens with one attached hydrogen (secondary N) is 1. The minimum Gasteiger partial charge on any atom is -0.486 e. The smallest absolute Gasteiger partial charge is 0.430 e. The van der Waals surface area contributed by atoms with Crippen LogP contribution in [0.25, 0.3) is 0 Å². The Morgan fingerprint density at radius 1 is 1.21 bits per heavy atom. The second-order valence-corrected chi connectivity index (χ2v) is 4.20. The number of alkyl halides is 3. The molecule has 2 N–H and O–H groups in total. The highest BCUT2D eigenvalue weighted by Crippen LogP contribution is 2.50. The summed E-state index contributed by atoms with van der Waals surface area (Å²) in [4.78, 5) is 11.5. The molecule has 2 heterocycles. The topological polar surface area (TPSA) is 67.8 Å². The minimum atomic E-state index is -5.12. The van der Waals surface area contributed by atoms with Crippen LogP contribution >= 0.6 is 0 Å². The van der Waals surface area contributed by atoms with Gasteiger partial charge in [0, 0.05) is 11.6 Å². The van der Waals surface area contributed by atoms with E-state index in [1.807, 2.05) is 5.32 Å². The molecule has 1 aromatic rings. The summed E-state index contributed by atoms with van der Waals surface area (Å²) >= 11 is 0. The number of ether oxygens (including phenoxy) is 2. The third-order valence-corrected chi connectivity index (χ3v) is 3.06. The van der Waals surface area contributed by atoms with Crippen molar-refractivity contribution in [2.45, 2.75) is 11.8 Å². The number of carbonyl (C=O) groups is 1. The van der Waals surface area contributed by atoms with Crippen LogP contribution in [0, 0.1) is 0 Å². The summed E-state index contributed by atoms with van der Waals surface area (Å²) in [6.45, 7) is 0.459. The average molecular weight is 275 g/mol. The SMILES string of the molecule is O=C1Nc2cc3c(cc2[C@@]1(O)C(F)(F)F)OCCO3. The number of amides is 1. The number of hydrogen-bond donors (Lipinski definition) is 2. The van der Waals surface area contributed by atoms with Gasteiger partial charge in [0.15, 0.2) is 11.5 Å². The molecule has 0 fully saturated rings. The molecular weight excluding hydrogens is 267 g/mol. The lowest BCUT2D eigenvalue weighted by atomic mass is 9.94. The fourth-order valence-electron chi connectivity index (χ4n) is 2.11. The lowest BCUT2D eigenvalue weighted by Gasteiger charge is -2.25. The summed E-state index contributed by atoms with van der Waals surface area (Å²) in [5.41, 5.74) is -4.26. The number of aliphatic hydroxyl groups is 1. The quantitative estimate of drug-likeness (QED) is 0.745. The van der Waals surface area contributed by atoms with Crippen molar-refractivity contribution in [3.63, 3.8) is 0 Å². The van der Waals surface area contributed by atoms with Crippen molar-refractivity contribution in [2.75, 3.05) is 18.5 Å². The third kappa shape index (κ3) is 1.49. The number of anilines is 1. The molecule has 0 spiro atoms. The Balaban J connectivity index is 2.19. The van der Waals surface area contributed by atoms with E-state index in [1.54, 1.807) is 0 Å². The molecule has 3 rings (SSSR count). The first kappa shape index (κ1) is 12.1. The zero-order valence-electron chi connectivity index (χ0n) is 9.37. The Labute approximate surface area is 104 Å². The van der Waals surface area contributed by atoms with Gasteiger partial charge in [0.1, 0.15) is 13.2 Å². The van der Waals surface area contributed by atoms with E-state index < -0.39 is 23.2 Å². The van der Waals surface area contributed by atoms with Gasteiger partial charge in [-0.25, -0.2) is 0 Å². The monoisotopic (exact) mass is 275 g/mol. The standard InChI is InChI=1S/C11H8F3NO4/c12-11(13,14)10(17)5-3-7-8(19-2-1-18-7)4-6(5)15-9(10)16/h3-4,17H,1-2H2,(H,15,16)/t10-/m0/s1. The van der Waals surface area contributed by atoms with E-state index in [9.17, 15) is 23.1 Å². The molecule has 0 aliphatic carbocycles. The van der Waals surface area contributed by atoms with Gasteiger partial charge >= 0.3 is 6.18 Å². The minimum absolute atomic E-state index is 0.0733. The van der Waals surface area contributed by atoms with Gasteiger partial charge in [0.25, 0.3) is 11.5 Å². The van der Waals surface area contributed by atoms with Crippen molar-refractivity contribution < 1.29 is 32.5 Å². The van der Waals surface area contributed by atoms with Crippen LogP contribution in [0.5, 0.6) is 11.5 Å². The first-order valence-electron chi connectivity index (χ1n) is 5.38. The van der Waals surface area contributed by atoms with Gasteiger partial charge in [-0.1, -0.05) is 0 Å². The van der Waals surface area contributed by atoms with Crippen molar-refractivity contribution in [3.8, 4) is 11.5 Å². The first-order valence-corrected chi connectivity index (χ1v) is 5.38. The maximum atomic E-state index is 12.9. The number of rotatable bonds is 0. The van der Waals surface area contributed by atoms with Gasteiger partial charge in [0.05, 0.1) is 5.69 Å². The van der Waals surface area contributed by atoms with Gasteiger partial charge in [-0.05, 0) is 6.07 Å². The lowest BCUT2D eigenvalue weighted by molar-refractivity contribution is -0.252. The molecule has 5 nitrogen and oxygen atoms in total. The number of halogens is 3. The highest BCUT2D eigenvalue weighted by Gasteiger charge is 2.64. The van der Waals surface area contributed by atoms with Gasteiger partial charge < -0.3 is 19.9 Å². The Kier molecular flexibility index (Phi) is 2.25. The molecule has 1 amide bonds.